The minimum absolute atomic E-state index is 0.549. The number of nitrogen functional groups attached to an aromatic ring is 1. The third-order valence-corrected chi connectivity index (χ3v) is 3.19. The SMILES string of the molecule is CCCCNc1ncnc(Nc2cc(C)cc(C)c2)c1N. The molecule has 0 atom stereocenters. The summed E-state index contributed by atoms with van der Waals surface area (Å²) in [6.45, 7) is 7.15. The second-order valence-corrected chi connectivity index (χ2v) is 5.27. The third kappa shape index (κ3) is 4.08. The molecule has 0 radical (unpaired) electrons. The van der Waals surface area contributed by atoms with Gasteiger partial charge < -0.3 is 16.4 Å². The van der Waals surface area contributed by atoms with Crippen molar-refractivity contribution in [1.29, 1.82) is 0 Å². The first-order chi connectivity index (χ1) is 10.1. The van der Waals surface area contributed by atoms with Gasteiger partial charge in [-0.15, -0.1) is 0 Å². The van der Waals surface area contributed by atoms with Crippen molar-refractivity contribution in [1.82, 2.24) is 9.97 Å². The predicted octanol–water partition coefficient (Wildman–Crippen LogP) is 3.63. The molecule has 5 nitrogen and oxygen atoms in total. The van der Waals surface area contributed by atoms with Crippen LogP contribution in [-0.4, -0.2) is 16.5 Å². The average Bonchev–Trinajstić information content (AvgIpc) is 2.42. The molecule has 21 heavy (non-hydrogen) atoms. The number of nitrogens with one attached hydrogen (secondary N) is 2. The number of aryl methyl sites for hydroxylation is 2. The molecule has 0 fully saturated rings. The van der Waals surface area contributed by atoms with Crippen molar-refractivity contribution in [3.05, 3.63) is 35.7 Å². The number of nitrogens with zero attached hydrogens (tertiary/aromatic N) is 2. The maximum Gasteiger partial charge on any atom is 0.159 e. The Labute approximate surface area is 126 Å². The van der Waals surface area contributed by atoms with E-state index in [1.807, 2.05) is 0 Å². The lowest BCUT2D eigenvalue weighted by atomic mass is 10.1. The van der Waals surface area contributed by atoms with Crippen LogP contribution in [0.1, 0.15) is 30.9 Å². The van der Waals surface area contributed by atoms with Crippen molar-refractivity contribution in [2.24, 2.45) is 0 Å². The Hall–Kier alpha value is -2.30. The summed E-state index contributed by atoms with van der Waals surface area (Å²) in [5.41, 5.74) is 10.1. The fraction of sp³-hybridized carbons (Fsp3) is 0.375. The van der Waals surface area contributed by atoms with Gasteiger partial charge in [0, 0.05) is 12.2 Å². The molecule has 0 saturated heterocycles. The molecule has 0 spiro atoms. The van der Waals surface area contributed by atoms with Crippen molar-refractivity contribution < 1.29 is 0 Å². The first-order valence-electron chi connectivity index (χ1n) is 7.29. The minimum Gasteiger partial charge on any atom is -0.393 e. The van der Waals surface area contributed by atoms with E-state index >= 15 is 0 Å². The van der Waals surface area contributed by atoms with Crippen molar-refractivity contribution in [2.45, 2.75) is 33.6 Å². The molecule has 0 bridgehead atoms. The molecule has 0 aliphatic carbocycles. The van der Waals surface area contributed by atoms with E-state index in [1.54, 1.807) is 0 Å². The predicted molar refractivity (Wildman–Crippen MR) is 89.0 cm³/mol. The Morgan fingerprint density at radius 2 is 1.71 bits per heavy atom. The zero-order chi connectivity index (χ0) is 15.2. The summed E-state index contributed by atoms with van der Waals surface area (Å²) < 4.78 is 0. The van der Waals surface area contributed by atoms with Gasteiger partial charge in [0.15, 0.2) is 11.6 Å². The molecular formula is C16H23N5. The van der Waals surface area contributed by atoms with Gasteiger partial charge in [-0.05, 0) is 43.5 Å². The minimum atomic E-state index is 0.549. The highest BCUT2D eigenvalue weighted by Gasteiger charge is 2.08. The number of aromatic nitrogens is 2. The van der Waals surface area contributed by atoms with Gasteiger partial charge in [-0.25, -0.2) is 9.97 Å². The number of hydrogen-bond donors (Lipinski definition) is 3. The van der Waals surface area contributed by atoms with E-state index in [9.17, 15) is 0 Å². The number of anilines is 4. The third-order valence-electron chi connectivity index (χ3n) is 3.19. The second kappa shape index (κ2) is 6.92. The maximum absolute atomic E-state index is 6.14. The van der Waals surface area contributed by atoms with E-state index in [0.29, 0.717) is 17.3 Å². The van der Waals surface area contributed by atoms with E-state index < -0.39 is 0 Å². The molecule has 5 heteroatoms. The van der Waals surface area contributed by atoms with Crippen molar-refractivity contribution >= 4 is 23.0 Å². The van der Waals surface area contributed by atoms with Crippen LogP contribution in [0.15, 0.2) is 24.5 Å². The second-order valence-electron chi connectivity index (χ2n) is 5.27. The first-order valence-corrected chi connectivity index (χ1v) is 7.29. The van der Waals surface area contributed by atoms with E-state index in [1.165, 1.54) is 17.5 Å². The maximum atomic E-state index is 6.14. The van der Waals surface area contributed by atoms with Crippen LogP contribution < -0.4 is 16.4 Å². The Bertz CT molecular complexity index is 589. The molecule has 1 aromatic carbocycles. The fourth-order valence-corrected chi connectivity index (χ4v) is 2.20. The van der Waals surface area contributed by atoms with Crippen LogP contribution in [0.2, 0.25) is 0 Å². The molecule has 0 unspecified atom stereocenters. The molecule has 1 aromatic heterocycles. The number of unbranched alkanes of at least 4 members (excludes halogenated alkanes) is 1. The smallest absolute Gasteiger partial charge is 0.159 e. The highest BCUT2D eigenvalue weighted by atomic mass is 15.1. The van der Waals surface area contributed by atoms with Crippen LogP contribution in [0.4, 0.5) is 23.0 Å². The Balaban J connectivity index is 2.18. The van der Waals surface area contributed by atoms with Gasteiger partial charge in [0.2, 0.25) is 0 Å². The summed E-state index contributed by atoms with van der Waals surface area (Å²) in [6.07, 6.45) is 3.74. The van der Waals surface area contributed by atoms with Gasteiger partial charge in [0.25, 0.3) is 0 Å². The Morgan fingerprint density at radius 3 is 2.38 bits per heavy atom. The zero-order valence-electron chi connectivity index (χ0n) is 12.9. The fourth-order valence-electron chi connectivity index (χ4n) is 2.20. The molecular weight excluding hydrogens is 262 g/mol. The topological polar surface area (TPSA) is 75.9 Å². The van der Waals surface area contributed by atoms with Crippen LogP contribution in [0.5, 0.6) is 0 Å². The summed E-state index contributed by atoms with van der Waals surface area (Å²) in [4.78, 5) is 8.43. The number of nitrogens with two attached hydrogens (primary N) is 1. The average molecular weight is 285 g/mol. The van der Waals surface area contributed by atoms with E-state index in [4.69, 9.17) is 5.73 Å². The molecule has 2 aromatic rings. The quantitative estimate of drug-likeness (QED) is 0.707. The van der Waals surface area contributed by atoms with Gasteiger partial charge >= 0.3 is 0 Å². The molecule has 0 aliphatic heterocycles. The van der Waals surface area contributed by atoms with E-state index in [2.05, 4.69) is 59.6 Å². The van der Waals surface area contributed by atoms with Gasteiger partial charge in [0.05, 0.1) is 0 Å². The van der Waals surface area contributed by atoms with Crippen molar-refractivity contribution in [2.75, 3.05) is 22.9 Å². The van der Waals surface area contributed by atoms with Gasteiger partial charge in [-0.2, -0.15) is 0 Å². The molecule has 2 rings (SSSR count). The number of benzene rings is 1. The van der Waals surface area contributed by atoms with Crippen LogP contribution >= 0.6 is 0 Å². The highest BCUT2D eigenvalue weighted by molar-refractivity contribution is 5.77. The van der Waals surface area contributed by atoms with Gasteiger partial charge in [-0.3, -0.25) is 0 Å². The van der Waals surface area contributed by atoms with Crippen LogP contribution in [0.3, 0.4) is 0 Å². The van der Waals surface area contributed by atoms with Crippen LogP contribution in [0, 0.1) is 13.8 Å². The lowest BCUT2D eigenvalue weighted by Crippen LogP contribution is -2.09. The highest BCUT2D eigenvalue weighted by Crippen LogP contribution is 2.26. The molecule has 0 aliphatic rings. The van der Waals surface area contributed by atoms with Crippen LogP contribution in [-0.2, 0) is 0 Å². The molecule has 112 valence electrons. The van der Waals surface area contributed by atoms with E-state index in [-0.39, 0.29) is 0 Å². The summed E-state index contributed by atoms with van der Waals surface area (Å²) in [5.74, 6) is 1.32. The summed E-state index contributed by atoms with van der Waals surface area (Å²) in [7, 11) is 0. The monoisotopic (exact) mass is 285 g/mol. The first kappa shape index (κ1) is 15.1. The van der Waals surface area contributed by atoms with Crippen molar-refractivity contribution in [3.8, 4) is 0 Å². The summed E-state index contributed by atoms with van der Waals surface area (Å²) in [5, 5.41) is 6.52. The Kier molecular flexibility index (Phi) is 4.98. The lowest BCUT2D eigenvalue weighted by Gasteiger charge is -2.13. The summed E-state index contributed by atoms with van der Waals surface area (Å²) in [6, 6.07) is 6.27. The standard InChI is InChI=1S/C16H23N5/c1-4-5-6-18-15-14(17)16(20-10-19-15)21-13-8-11(2)7-12(3)9-13/h7-10H,4-6,17H2,1-3H3,(H2,18,19,20,21). The number of rotatable bonds is 6. The molecule has 0 amide bonds. The van der Waals surface area contributed by atoms with E-state index in [0.717, 1.165) is 25.1 Å². The van der Waals surface area contributed by atoms with Crippen molar-refractivity contribution in [3.63, 3.8) is 0 Å². The lowest BCUT2D eigenvalue weighted by molar-refractivity contribution is 0.831. The molecule has 4 N–H and O–H groups in total. The Morgan fingerprint density at radius 1 is 1.05 bits per heavy atom. The molecule has 0 saturated carbocycles. The summed E-state index contributed by atoms with van der Waals surface area (Å²) >= 11 is 0. The molecule has 1 heterocycles. The number of hydrogen-bond acceptors (Lipinski definition) is 5. The largest absolute Gasteiger partial charge is 0.393 e. The zero-order valence-corrected chi connectivity index (χ0v) is 12.9. The normalized spacial score (nSPS) is 10.4. The van der Waals surface area contributed by atoms with Gasteiger partial charge in [0.1, 0.15) is 12.0 Å². The van der Waals surface area contributed by atoms with Crippen LogP contribution in [0.25, 0.3) is 0 Å². The van der Waals surface area contributed by atoms with Gasteiger partial charge in [-0.1, -0.05) is 19.4 Å².